The summed E-state index contributed by atoms with van der Waals surface area (Å²) in [6.07, 6.45) is 2.73. The highest BCUT2D eigenvalue weighted by Crippen LogP contribution is 2.28. The molecule has 1 aliphatic carbocycles. The molecule has 5 heteroatoms. The maximum Gasteiger partial charge on any atom is 0.488 e. The summed E-state index contributed by atoms with van der Waals surface area (Å²) in [7, 11) is -1.38. The van der Waals surface area contributed by atoms with Gasteiger partial charge in [0.1, 0.15) is 0 Å². The Hall–Kier alpha value is -1.04. The summed E-state index contributed by atoms with van der Waals surface area (Å²) in [6, 6.07) is 8.39. The molecule has 0 bridgehead atoms. The summed E-state index contributed by atoms with van der Waals surface area (Å²) >= 11 is 0. The highest BCUT2D eigenvalue weighted by Gasteiger charge is 2.31. The van der Waals surface area contributed by atoms with Crippen molar-refractivity contribution in [1.82, 2.24) is 4.90 Å². The average Bonchev–Trinajstić information content (AvgIpc) is 3.23. The first-order valence-corrected chi connectivity index (χ1v) is 6.69. The monoisotopic (exact) mass is 246 g/mol. The van der Waals surface area contributed by atoms with Gasteiger partial charge in [-0.15, -0.1) is 0 Å². The number of hydrogen-bond acceptors (Lipinski definition) is 4. The van der Waals surface area contributed by atoms with Gasteiger partial charge >= 0.3 is 7.12 Å². The largest absolute Gasteiger partial charge is 0.488 e. The van der Waals surface area contributed by atoms with Gasteiger partial charge in [0.05, 0.1) is 0 Å². The van der Waals surface area contributed by atoms with E-state index in [0.29, 0.717) is 5.46 Å². The standard InChI is InChI=1S/C13H19BN2O2/c17-14(18)11-2-1-3-13(10-11)16-8-6-15(7-9-16)12-4-5-12/h1-3,10,12,17-18H,4-9H2. The first kappa shape index (κ1) is 12.0. The Morgan fingerprint density at radius 2 is 1.78 bits per heavy atom. The number of nitrogens with zero attached hydrogens (tertiary/aromatic N) is 2. The van der Waals surface area contributed by atoms with Gasteiger partial charge in [-0.1, -0.05) is 12.1 Å². The van der Waals surface area contributed by atoms with E-state index < -0.39 is 7.12 Å². The molecule has 4 nitrogen and oxygen atoms in total. The molecule has 0 atom stereocenters. The molecule has 1 saturated heterocycles. The number of piperazine rings is 1. The van der Waals surface area contributed by atoms with Crippen LogP contribution in [0.15, 0.2) is 24.3 Å². The van der Waals surface area contributed by atoms with E-state index in [1.807, 2.05) is 18.2 Å². The van der Waals surface area contributed by atoms with Crippen molar-refractivity contribution in [2.75, 3.05) is 31.1 Å². The second-order valence-electron chi connectivity index (χ2n) is 5.22. The van der Waals surface area contributed by atoms with Gasteiger partial charge in [-0.3, -0.25) is 4.90 Å². The summed E-state index contributed by atoms with van der Waals surface area (Å²) in [5.74, 6) is 0. The van der Waals surface area contributed by atoms with E-state index in [1.165, 1.54) is 12.8 Å². The first-order chi connectivity index (χ1) is 8.74. The number of hydrogen-bond donors (Lipinski definition) is 2. The molecular weight excluding hydrogens is 227 g/mol. The van der Waals surface area contributed by atoms with E-state index in [9.17, 15) is 10.0 Å². The van der Waals surface area contributed by atoms with Crippen LogP contribution in [0.5, 0.6) is 0 Å². The highest BCUT2D eigenvalue weighted by molar-refractivity contribution is 6.58. The molecule has 18 heavy (non-hydrogen) atoms. The first-order valence-electron chi connectivity index (χ1n) is 6.69. The van der Waals surface area contributed by atoms with Crippen LogP contribution in [-0.2, 0) is 0 Å². The lowest BCUT2D eigenvalue weighted by Gasteiger charge is -2.36. The molecule has 0 unspecified atom stereocenters. The van der Waals surface area contributed by atoms with Gasteiger partial charge in [0, 0.05) is 37.9 Å². The fraction of sp³-hybridized carbons (Fsp3) is 0.538. The third-order valence-electron chi connectivity index (χ3n) is 3.91. The lowest BCUT2D eigenvalue weighted by molar-refractivity contribution is 0.248. The summed E-state index contributed by atoms with van der Waals surface area (Å²) < 4.78 is 0. The molecule has 96 valence electrons. The van der Waals surface area contributed by atoms with Crippen LogP contribution in [0, 0.1) is 0 Å². The molecule has 1 aromatic rings. The Bertz CT molecular complexity index is 415. The molecule has 1 aliphatic heterocycles. The zero-order chi connectivity index (χ0) is 12.5. The van der Waals surface area contributed by atoms with Crippen LogP contribution in [0.1, 0.15) is 12.8 Å². The fourth-order valence-electron chi connectivity index (χ4n) is 2.67. The zero-order valence-electron chi connectivity index (χ0n) is 10.5. The van der Waals surface area contributed by atoms with Gasteiger partial charge in [0.2, 0.25) is 0 Å². The molecule has 0 spiro atoms. The van der Waals surface area contributed by atoms with Crippen LogP contribution in [0.3, 0.4) is 0 Å². The van der Waals surface area contributed by atoms with Gasteiger partial charge in [-0.05, 0) is 30.4 Å². The Kier molecular flexibility index (Phi) is 3.28. The predicted molar refractivity (Wildman–Crippen MR) is 73.1 cm³/mol. The summed E-state index contributed by atoms with van der Waals surface area (Å²) in [6.45, 7) is 4.30. The van der Waals surface area contributed by atoms with Crippen molar-refractivity contribution in [3.63, 3.8) is 0 Å². The third kappa shape index (κ3) is 2.53. The minimum atomic E-state index is -1.38. The van der Waals surface area contributed by atoms with Crippen molar-refractivity contribution in [3.8, 4) is 0 Å². The number of benzene rings is 1. The van der Waals surface area contributed by atoms with Crippen molar-refractivity contribution in [2.24, 2.45) is 0 Å². The molecular formula is C13H19BN2O2. The molecule has 1 saturated carbocycles. The second kappa shape index (κ2) is 4.92. The fourth-order valence-corrected chi connectivity index (χ4v) is 2.67. The van der Waals surface area contributed by atoms with Crippen LogP contribution in [0.2, 0.25) is 0 Å². The van der Waals surface area contributed by atoms with E-state index in [4.69, 9.17) is 0 Å². The predicted octanol–water partition coefficient (Wildman–Crippen LogP) is -0.349. The molecule has 1 heterocycles. The molecule has 3 rings (SSSR count). The van der Waals surface area contributed by atoms with Crippen LogP contribution >= 0.6 is 0 Å². The van der Waals surface area contributed by atoms with Crippen LogP contribution in [0.4, 0.5) is 5.69 Å². The normalized spacial score (nSPS) is 21.1. The van der Waals surface area contributed by atoms with E-state index >= 15 is 0 Å². The minimum absolute atomic E-state index is 0.567. The Labute approximate surface area is 108 Å². The molecule has 2 aliphatic rings. The van der Waals surface area contributed by atoms with Crippen LogP contribution in [0.25, 0.3) is 0 Å². The van der Waals surface area contributed by atoms with Gasteiger partial charge in [-0.25, -0.2) is 0 Å². The Morgan fingerprint density at radius 3 is 2.39 bits per heavy atom. The van der Waals surface area contributed by atoms with E-state index in [-0.39, 0.29) is 0 Å². The maximum absolute atomic E-state index is 9.20. The minimum Gasteiger partial charge on any atom is -0.423 e. The quantitative estimate of drug-likeness (QED) is 0.716. The Morgan fingerprint density at radius 1 is 1.06 bits per heavy atom. The van der Waals surface area contributed by atoms with Crippen molar-refractivity contribution >= 4 is 18.3 Å². The Balaban J connectivity index is 1.66. The average molecular weight is 246 g/mol. The van der Waals surface area contributed by atoms with E-state index in [1.54, 1.807) is 6.07 Å². The summed E-state index contributed by atoms with van der Waals surface area (Å²) in [4.78, 5) is 4.89. The van der Waals surface area contributed by atoms with Crippen LogP contribution < -0.4 is 10.4 Å². The SMILES string of the molecule is OB(O)c1cccc(N2CCN(C3CC3)CC2)c1. The summed E-state index contributed by atoms with van der Waals surface area (Å²) in [5.41, 5.74) is 1.66. The highest BCUT2D eigenvalue weighted by atomic mass is 16.4. The topological polar surface area (TPSA) is 46.9 Å². The molecule has 2 N–H and O–H groups in total. The van der Waals surface area contributed by atoms with Gasteiger partial charge in [0.25, 0.3) is 0 Å². The lowest BCUT2D eigenvalue weighted by atomic mass is 9.80. The van der Waals surface area contributed by atoms with Crippen molar-refractivity contribution < 1.29 is 10.0 Å². The van der Waals surface area contributed by atoms with E-state index in [2.05, 4.69) is 9.80 Å². The van der Waals surface area contributed by atoms with E-state index in [0.717, 1.165) is 37.9 Å². The zero-order valence-corrected chi connectivity index (χ0v) is 10.5. The van der Waals surface area contributed by atoms with Crippen molar-refractivity contribution in [2.45, 2.75) is 18.9 Å². The molecule has 0 aromatic heterocycles. The number of anilines is 1. The summed E-state index contributed by atoms with van der Waals surface area (Å²) in [5, 5.41) is 18.4. The smallest absolute Gasteiger partial charge is 0.423 e. The number of rotatable bonds is 3. The maximum atomic E-state index is 9.20. The van der Waals surface area contributed by atoms with Crippen molar-refractivity contribution in [3.05, 3.63) is 24.3 Å². The van der Waals surface area contributed by atoms with Gasteiger partial charge in [0.15, 0.2) is 0 Å². The molecule has 0 amide bonds. The van der Waals surface area contributed by atoms with Gasteiger partial charge < -0.3 is 14.9 Å². The third-order valence-corrected chi connectivity index (χ3v) is 3.91. The van der Waals surface area contributed by atoms with Crippen LogP contribution in [-0.4, -0.2) is 54.3 Å². The van der Waals surface area contributed by atoms with Crippen molar-refractivity contribution in [1.29, 1.82) is 0 Å². The lowest BCUT2D eigenvalue weighted by Crippen LogP contribution is -2.47. The molecule has 1 aromatic carbocycles. The molecule has 2 fully saturated rings. The van der Waals surface area contributed by atoms with Gasteiger partial charge in [-0.2, -0.15) is 0 Å². The molecule has 0 radical (unpaired) electrons. The second-order valence-corrected chi connectivity index (χ2v) is 5.22.